The van der Waals surface area contributed by atoms with Crippen molar-refractivity contribution in [3.63, 3.8) is 0 Å². The fourth-order valence-corrected chi connectivity index (χ4v) is 3.20. The average molecular weight is 322 g/mol. The van der Waals surface area contributed by atoms with Gasteiger partial charge in [-0.25, -0.2) is 4.98 Å². The van der Waals surface area contributed by atoms with E-state index in [2.05, 4.69) is 30.1 Å². The molecule has 0 fully saturated rings. The van der Waals surface area contributed by atoms with Crippen molar-refractivity contribution in [2.75, 3.05) is 0 Å². The van der Waals surface area contributed by atoms with Crippen molar-refractivity contribution < 1.29 is 0 Å². The van der Waals surface area contributed by atoms with E-state index in [9.17, 15) is 4.79 Å². The van der Waals surface area contributed by atoms with Crippen molar-refractivity contribution >= 4 is 11.8 Å². The Bertz CT molecular complexity index is 869. The molecule has 0 unspecified atom stereocenters. The summed E-state index contributed by atoms with van der Waals surface area (Å²) in [5.74, 6) is 0.738. The van der Waals surface area contributed by atoms with Crippen molar-refractivity contribution in [3.05, 3.63) is 88.0 Å². The third-order valence-electron chi connectivity index (χ3n) is 3.58. The Hall–Kier alpha value is -2.33. The van der Waals surface area contributed by atoms with Crippen LogP contribution in [0.2, 0.25) is 0 Å². The summed E-state index contributed by atoms with van der Waals surface area (Å²) in [6, 6.07) is 16.2. The Labute approximate surface area is 140 Å². The van der Waals surface area contributed by atoms with Crippen molar-refractivity contribution in [1.82, 2.24) is 9.55 Å². The number of benzene rings is 2. The van der Waals surface area contributed by atoms with Crippen LogP contribution in [0.1, 0.15) is 16.7 Å². The van der Waals surface area contributed by atoms with Crippen LogP contribution in [0.15, 0.2) is 70.7 Å². The first-order valence-electron chi connectivity index (χ1n) is 7.46. The van der Waals surface area contributed by atoms with Crippen LogP contribution in [0.3, 0.4) is 0 Å². The highest BCUT2D eigenvalue weighted by molar-refractivity contribution is 7.98. The maximum absolute atomic E-state index is 12.6. The monoisotopic (exact) mass is 322 g/mol. The SMILES string of the molecule is Cc1ccc(-n2ccnc(SCc3cccc(C)c3)c2=O)cc1. The zero-order chi connectivity index (χ0) is 16.2. The number of rotatable bonds is 4. The summed E-state index contributed by atoms with van der Waals surface area (Å²) >= 11 is 1.48. The van der Waals surface area contributed by atoms with E-state index in [1.165, 1.54) is 28.5 Å². The van der Waals surface area contributed by atoms with Crippen LogP contribution in [0.4, 0.5) is 0 Å². The molecule has 0 aliphatic heterocycles. The van der Waals surface area contributed by atoms with Crippen LogP contribution in [-0.2, 0) is 5.75 Å². The molecule has 0 saturated heterocycles. The van der Waals surface area contributed by atoms with Gasteiger partial charge < -0.3 is 0 Å². The number of hydrogen-bond donors (Lipinski definition) is 0. The van der Waals surface area contributed by atoms with Gasteiger partial charge in [-0.1, -0.05) is 59.3 Å². The molecule has 0 aliphatic carbocycles. The van der Waals surface area contributed by atoms with Crippen molar-refractivity contribution in [2.45, 2.75) is 24.6 Å². The van der Waals surface area contributed by atoms with Gasteiger partial charge in [-0.05, 0) is 31.5 Å². The van der Waals surface area contributed by atoms with Crippen molar-refractivity contribution in [2.24, 2.45) is 0 Å². The van der Waals surface area contributed by atoms with E-state index in [1.54, 1.807) is 17.0 Å². The number of thioether (sulfide) groups is 1. The lowest BCUT2D eigenvalue weighted by Gasteiger charge is -2.08. The minimum absolute atomic E-state index is 0.0750. The molecule has 3 aromatic rings. The molecule has 2 aromatic carbocycles. The minimum atomic E-state index is -0.0750. The largest absolute Gasteiger partial charge is 0.287 e. The molecule has 0 amide bonds. The molecule has 0 radical (unpaired) electrons. The van der Waals surface area contributed by atoms with Crippen molar-refractivity contribution in [3.8, 4) is 5.69 Å². The van der Waals surface area contributed by atoms with Crippen LogP contribution in [0, 0.1) is 13.8 Å². The fraction of sp³-hybridized carbons (Fsp3) is 0.158. The maximum Gasteiger partial charge on any atom is 0.287 e. The van der Waals surface area contributed by atoms with Crippen LogP contribution in [0.25, 0.3) is 5.69 Å². The van der Waals surface area contributed by atoms with Crippen LogP contribution in [0.5, 0.6) is 0 Å². The number of aryl methyl sites for hydroxylation is 2. The van der Waals surface area contributed by atoms with E-state index in [1.807, 2.05) is 37.3 Å². The summed E-state index contributed by atoms with van der Waals surface area (Å²) < 4.78 is 1.64. The summed E-state index contributed by atoms with van der Waals surface area (Å²) in [5, 5.41) is 0.523. The second-order valence-electron chi connectivity index (χ2n) is 5.52. The summed E-state index contributed by atoms with van der Waals surface area (Å²) in [6.45, 7) is 4.10. The predicted molar refractivity (Wildman–Crippen MR) is 95.3 cm³/mol. The van der Waals surface area contributed by atoms with Gasteiger partial charge in [0.25, 0.3) is 5.56 Å². The highest BCUT2D eigenvalue weighted by Gasteiger charge is 2.07. The smallest absolute Gasteiger partial charge is 0.280 e. The fourth-order valence-electron chi connectivity index (χ4n) is 2.35. The first-order chi connectivity index (χ1) is 11.1. The maximum atomic E-state index is 12.6. The van der Waals surface area contributed by atoms with Gasteiger partial charge >= 0.3 is 0 Å². The quantitative estimate of drug-likeness (QED) is 0.677. The molecule has 1 heterocycles. The van der Waals surface area contributed by atoms with E-state index >= 15 is 0 Å². The molecule has 0 N–H and O–H groups in total. The molecular formula is C19H18N2OS. The van der Waals surface area contributed by atoms with Gasteiger partial charge in [0.15, 0.2) is 5.03 Å². The third-order valence-corrected chi connectivity index (χ3v) is 4.61. The minimum Gasteiger partial charge on any atom is -0.280 e. The van der Waals surface area contributed by atoms with Crippen LogP contribution >= 0.6 is 11.8 Å². The third kappa shape index (κ3) is 3.71. The van der Waals surface area contributed by atoms with Crippen molar-refractivity contribution in [1.29, 1.82) is 0 Å². The van der Waals surface area contributed by atoms with E-state index in [4.69, 9.17) is 0 Å². The lowest BCUT2D eigenvalue weighted by Crippen LogP contribution is -2.20. The van der Waals surface area contributed by atoms with E-state index < -0.39 is 0 Å². The number of nitrogens with zero attached hydrogens (tertiary/aromatic N) is 2. The summed E-state index contributed by atoms with van der Waals surface area (Å²) in [6.07, 6.45) is 3.39. The lowest BCUT2D eigenvalue weighted by molar-refractivity contribution is 0.882. The van der Waals surface area contributed by atoms with Gasteiger partial charge in [0.05, 0.1) is 0 Å². The highest BCUT2D eigenvalue weighted by Crippen LogP contribution is 2.19. The summed E-state index contributed by atoms with van der Waals surface area (Å²) in [5.41, 5.74) is 4.38. The molecule has 0 aliphatic rings. The molecule has 0 bridgehead atoms. The normalized spacial score (nSPS) is 10.7. The molecular weight excluding hydrogens is 304 g/mol. The molecule has 0 saturated carbocycles. The second kappa shape index (κ2) is 6.84. The number of aromatic nitrogens is 2. The molecule has 0 spiro atoms. The van der Waals surface area contributed by atoms with Gasteiger partial charge in [-0.2, -0.15) is 0 Å². The first-order valence-corrected chi connectivity index (χ1v) is 8.45. The molecule has 3 rings (SSSR count). The first kappa shape index (κ1) is 15.6. The second-order valence-corrected chi connectivity index (χ2v) is 6.48. The summed E-state index contributed by atoms with van der Waals surface area (Å²) in [7, 11) is 0. The predicted octanol–water partition coefficient (Wildman–Crippen LogP) is 4.14. The van der Waals surface area contributed by atoms with E-state index in [0.717, 1.165) is 11.4 Å². The van der Waals surface area contributed by atoms with E-state index in [-0.39, 0.29) is 5.56 Å². The molecule has 4 heteroatoms. The topological polar surface area (TPSA) is 34.9 Å². The Morgan fingerprint density at radius 3 is 2.57 bits per heavy atom. The Balaban J connectivity index is 1.85. The molecule has 23 heavy (non-hydrogen) atoms. The molecule has 1 aromatic heterocycles. The Morgan fingerprint density at radius 2 is 1.83 bits per heavy atom. The number of hydrogen-bond acceptors (Lipinski definition) is 3. The Morgan fingerprint density at radius 1 is 1.04 bits per heavy atom. The van der Waals surface area contributed by atoms with Gasteiger partial charge in [-0.15, -0.1) is 0 Å². The Kier molecular flexibility index (Phi) is 4.63. The van der Waals surface area contributed by atoms with E-state index in [0.29, 0.717) is 5.03 Å². The van der Waals surface area contributed by atoms with Gasteiger partial charge in [0.2, 0.25) is 0 Å². The zero-order valence-corrected chi connectivity index (χ0v) is 14.0. The average Bonchev–Trinajstić information content (AvgIpc) is 2.55. The summed E-state index contributed by atoms with van der Waals surface area (Å²) in [4.78, 5) is 16.9. The van der Waals surface area contributed by atoms with Gasteiger partial charge in [0.1, 0.15) is 0 Å². The molecule has 116 valence electrons. The van der Waals surface area contributed by atoms with Crippen LogP contribution in [-0.4, -0.2) is 9.55 Å². The zero-order valence-electron chi connectivity index (χ0n) is 13.2. The van der Waals surface area contributed by atoms with Gasteiger partial charge in [-0.3, -0.25) is 9.36 Å². The highest BCUT2D eigenvalue weighted by atomic mass is 32.2. The molecule has 3 nitrogen and oxygen atoms in total. The van der Waals surface area contributed by atoms with Gasteiger partial charge in [0, 0.05) is 23.8 Å². The van der Waals surface area contributed by atoms with Crippen LogP contribution < -0.4 is 5.56 Å². The lowest BCUT2D eigenvalue weighted by atomic mass is 10.2. The standard InChI is InChI=1S/C19H18N2OS/c1-14-6-8-17(9-7-14)21-11-10-20-18(19(21)22)23-13-16-5-3-4-15(2)12-16/h3-12H,13H2,1-2H3. The molecule has 0 atom stereocenters.